The molecule has 0 radical (unpaired) electrons. The van der Waals surface area contributed by atoms with E-state index in [4.69, 9.17) is 15.3 Å². The van der Waals surface area contributed by atoms with Crippen LogP contribution < -0.4 is 31.9 Å². The Bertz CT molecular complexity index is 1650. The molecule has 0 saturated heterocycles. The van der Waals surface area contributed by atoms with Crippen molar-refractivity contribution in [1.82, 2.24) is 29.9 Å². The highest BCUT2D eigenvalue weighted by Crippen LogP contribution is 2.27. The van der Waals surface area contributed by atoms with Crippen molar-refractivity contribution in [2.24, 2.45) is 0 Å². The Morgan fingerprint density at radius 3 is 1.71 bits per heavy atom. The third-order valence-electron chi connectivity index (χ3n) is 5.71. The molecule has 0 aliphatic heterocycles. The Balaban J connectivity index is 1.99. The number of benzene rings is 1. The molecule has 0 aliphatic rings. The summed E-state index contributed by atoms with van der Waals surface area (Å²) in [5.74, 6) is -0.254. The van der Waals surface area contributed by atoms with E-state index >= 15 is 0 Å². The molecule has 48 heavy (non-hydrogen) atoms. The molecule has 3 rings (SSSR count). The van der Waals surface area contributed by atoms with Crippen molar-refractivity contribution in [2.45, 2.75) is 30.1 Å². The molecule has 1 aromatic carbocycles. The summed E-state index contributed by atoms with van der Waals surface area (Å²) in [5.41, 5.74) is 0.134. The maximum atomic E-state index is 12.2. The first kappa shape index (κ1) is 37.6. The number of anilines is 8. The number of allylic oxidation sites excluding steroid dienone is 2. The largest absolute Gasteiger partial charge is 0.394 e. The van der Waals surface area contributed by atoms with Crippen LogP contribution in [-0.2, 0) is 10.1 Å². The van der Waals surface area contributed by atoms with Crippen LogP contribution in [0.25, 0.3) is 0 Å². The van der Waals surface area contributed by atoms with E-state index in [-0.39, 0.29) is 73.4 Å². The Labute approximate surface area is 274 Å². The second kappa shape index (κ2) is 18.5. The molecule has 0 saturated carbocycles. The predicted molar refractivity (Wildman–Crippen MR) is 175 cm³/mol. The van der Waals surface area contributed by atoms with E-state index < -0.39 is 46.5 Å². The van der Waals surface area contributed by atoms with Crippen molar-refractivity contribution >= 4 is 57.2 Å². The van der Waals surface area contributed by atoms with Gasteiger partial charge in [0.05, 0.1) is 43.5 Å². The first-order valence-corrected chi connectivity index (χ1v) is 15.7. The van der Waals surface area contributed by atoms with E-state index in [2.05, 4.69) is 61.8 Å². The van der Waals surface area contributed by atoms with E-state index in [1.807, 2.05) is 0 Å². The van der Waals surface area contributed by atoms with Gasteiger partial charge in [-0.1, -0.05) is 12.2 Å². The lowest BCUT2D eigenvalue weighted by molar-refractivity contribution is 0.105. The summed E-state index contributed by atoms with van der Waals surface area (Å²) in [6, 6.07) is 3.16. The highest BCUT2D eigenvalue weighted by atomic mass is 32.2. The minimum Gasteiger partial charge on any atom is -0.394 e. The van der Waals surface area contributed by atoms with E-state index in [0.29, 0.717) is 0 Å². The summed E-state index contributed by atoms with van der Waals surface area (Å²) in [6.07, 6.45) is 3.84. The normalized spacial score (nSPS) is 13.7. The standard InChI is InChI=1S/C26H38N12O9S/c1-15(12-40)30-24-35-23(29-11-19(44)14-42)37-26(38-24)32-17-7-16(8-20(9-17)48(45,46)47)31-25-34-21(27-5-3-2-4-6-39)33-22(36-25)28-10-18(43)13-41/h2-5,7-9,15,18-19,39-44H,6,10-14H2,1H3,(H,45,46,47)(H3,27,28,31,33,34,36)(H3,29,30,32,35,37,38)/b4-2+,5-3+. The second-order valence-electron chi connectivity index (χ2n) is 9.86. The first-order valence-electron chi connectivity index (χ1n) is 14.2. The number of hydrogen-bond acceptors (Lipinski definition) is 20. The molecular weight excluding hydrogens is 656 g/mol. The Morgan fingerprint density at radius 1 is 0.708 bits per heavy atom. The summed E-state index contributed by atoms with van der Waals surface area (Å²) >= 11 is 0. The van der Waals surface area contributed by atoms with Gasteiger partial charge in [-0.2, -0.15) is 38.3 Å². The maximum Gasteiger partial charge on any atom is 0.294 e. The lowest BCUT2D eigenvalue weighted by Gasteiger charge is -2.16. The van der Waals surface area contributed by atoms with Crippen molar-refractivity contribution in [3.8, 4) is 0 Å². The average Bonchev–Trinajstić information content (AvgIpc) is 3.05. The lowest BCUT2D eigenvalue weighted by Crippen LogP contribution is -2.25. The van der Waals surface area contributed by atoms with Crippen molar-refractivity contribution in [1.29, 1.82) is 0 Å². The van der Waals surface area contributed by atoms with Gasteiger partial charge in [0.2, 0.25) is 35.7 Å². The van der Waals surface area contributed by atoms with Gasteiger partial charge in [-0.25, -0.2) is 0 Å². The zero-order valence-electron chi connectivity index (χ0n) is 25.6. The van der Waals surface area contributed by atoms with Crippen LogP contribution in [0.2, 0.25) is 0 Å². The van der Waals surface area contributed by atoms with Crippen molar-refractivity contribution in [3.05, 3.63) is 42.6 Å². The molecule has 3 unspecified atom stereocenters. The highest BCUT2D eigenvalue weighted by molar-refractivity contribution is 7.85. The van der Waals surface area contributed by atoms with Gasteiger partial charge < -0.3 is 62.5 Å². The van der Waals surface area contributed by atoms with Crippen LogP contribution in [0.15, 0.2) is 47.5 Å². The summed E-state index contributed by atoms with van der Waals surface area (Å²) in [5, 5.41) is 72.9. The lowest BCUT2D eigenvalue weighted by atomic mass is 10.2. The van der Waals surface area contributed by atoms with Crippen LogP contribution >= 0.6 is 0 Å². The number of rotatable bonds is 20. The number of aliphatic hydroxyl groups excluding tert-OH is 6. The van der Waals surface area contributed by atoms with Crippen LogP contribution in [0.3, 0.4) is 0 Å². The molecular formula is C26H38N12O9S. The molecule has 262 valence electrons. The van der Waals surface area contributed by atoms with E-state index in [0.717, 1.165) is 12.1 Å². The average molecular weight is 695 g/mol. The van der Waals surface area contributed by atoms with Gasteiger partial charge in [0.25, 0.3) is 10.1 Å². The second-order valence-corrected chi connectivity index (χ2v) is 11.3. The number of nitrogens with one attached hydrogen (secondary N) is 6. The number of hydrogen-bond donors (Lipinski definition) is 13. The van der Waals surface area contributed by atoms with Gasteiger partial charge in [-0.05, 0) is 31.2 Å². The van der Waals surface area contributed by atoms with Crippen LogP contribution in [0.1, 0.15) is 6.92 Å². The van der Waals surface area contributed by atoms with Crippen LogP contribution in [0.4, 0.5) is 47.1 Å². The van der Waals surface area contributed by atoms with Crippen molar-refractivity contribution < 1.29 is 43.6 Å². The minimum atomic E-state index is -4.75. The summed E-state index contributed by atoms with van der Waals surface area (Å²) in [6.45, 7) is -0.0230. The third-order valence-corrected chi connectivity index (χ3v) is 6.54. The summed E-state index contributed by atoms with van der Waals surface area (Å²) in [4.78, 5) is 24.7. The highest BCUT2D eigenvalue weighted by Gasteiger charge is 2.17. The molecule has 22 heteroatoms. The molecule has 21 nitrogen and oxygen atoms in total. The molecule has 3 atom stereocenters. The van der Waals surface area contributed by atoms with Gasteiger partial charge in [0, 0.05) is 36.7 Å². The number of aromatic nitrogens is 6. The fourth-order valence-corrected chi connectivity index (χ4v) is 3.98. The van der Waals surface area contributed by atoms with Crippen molar-refractivity contribution in [3.63, 3.8) is 0 Å². The van der Waals surface area contributed by atoms with Crippen LogP contribution in [-0.4, -0.2) is 131 Å². The fraction of sp³-hybridized carbons (Fsp3) is 0.385. The van der Waals surface area contributed by atoms with E-state index in [1.165, 1.54) is 18.3 Å². The minimum absolute atomic E-state index is 0.0109. The first-order chi connectivity index (χ1) is 22.9. The van der Waals surface area contributed by atoms with Crippen LogP contribution in [0, 0.1) is 0 Å². The predicted octanol–water partition coefficient (Wildman–Crippen LogP) is -1.41. The molecule has 13 N–H and O–H groups in total. The van der Waals surface area contributed by atoms with Crippen LogP contribution in [0.5, 0.6) is 0 Å². The van der Waals surface area contributed by atoms with Gasteiger partial charge in [-0.3, -0.25) is 4.55 Å². The zero-order valence-corrected chi connectivity index (χ0v) is 26.4. The summed E-state index contributed by atoms with van der Waals surface area (Å²) < 4.78 is 34.3. The number of nitrogens with zero attached hydrogens (tertiary/aromatic N) is 6. The van der Waals surface area contributed by atoms with E-state index in [1.54, 1.807) is 19.1 Å². The molecule has 0 fully saturated rings. The fourth-order valence-electron chi connectivity index (χ4n) is 3.43. The Hall–Kier alpha value is -4.81. The van der Waals surface area contributed by atoms with Gasteiger partial charge in [-0.15, -0.1) is 0 Å². The topological polar surface area (TPSA) is 325 Å². The molecule has 2 aromatic heterocycles. The molecule has 2 heterocycles. The number of aliphatic hydroxyl groups is 6. The third kappa shape index (κ3) is 12.8. The Morgan fingerprint density at radius 2 is 1.21 bits per heavy atom. The van der Waals surface area contributed by atoms with Gasteiger partial charge in [0.1, 0.15) is 0 Å². The molecule has 3 aromatic rings. The Kier molecular flexibility index (Phi) is 14.5. The molecule has 0 aliphatic carbocycles. The van der Waals surface area contributed by atoms with Gasteiger partial charge in [0.15, 0.2) is 0 Å². The van der Waals surface area contributed by atoms with E-state index in [9.17, 15) is 28.3 Å². The SMILES string of the molecule is CC(CO)Nc1nc(NCC(O)CO)nc(Nc2cc(Nc3nc(N/C=C/C=C/CO)nc(NCC(O)CO)n3)cc(S(=O)(=O)O)c2)n1. The smallest absolute Gasteiger partial charge is 0.294 e. The zero-order chi connectivity index (χ0) is 35.1. The summed E-state index contributed by atoms with van der Waals surface area (Å²) in [7, 11) is -4.75. The maximum absolute atomic E-state index is 12.2. The quantitative estimate of drug-likeness (QED) is 0.0477. The van der Waals surface area contributed by atoms with Gasteiger partial charge >= 0.3 is 0 Å². The molecule has 0 spiro atoms. The monoisotopic (exact) mass is 694 g/mol. The molecule has 0 bridgehead atoms. The molecule has 0 amide bonds. The van der Waals surface area contributed by atoms with Crippen molar-refractivity contribution in [2.75, 3.05) is 71.4 Å².